The van der Waals surface area contributed by atoms with Crippen LogP contribution < -0.4 is 10.5 Å². The highest BCUT2D eigenvalue weighted by molar-refractivity contribution is 7.89. The molecule has 7 heteroatoms. The number of anilines is 1. The fourth-order valence-corrected chi connectivity index (χ4v) is 3.72. The molecule has 0 fully saturated rings. The lowest BCUT2D eigenvalue weighted by atomic mass is 10.3. The third-order valence-corrected chi connectivity index (χ3v) is 5.18. The van der Waals surface area contributed by atoms with Gasteiger partial charge in [-0.3, -0.25) is 0 Å². The van der Waals surface area contributed by atoms with Crippen molar-refractivity contribution < 1.29 is 12.8 Å². The minimum Gasteiger partial charge on any atom is -0.399 e. The number of nitrogen functional groups attached to an aromatic ring is 1. The van der Waals surface area contributed by atoms with Crippen molar-refractivity contribution in [2.24, 2.45) is 0 Å². The van der Waals surface area contributed by atoms with E-state index in [1.54, 1.807) is 6.92 Å². The SMILES string of the molecule is CC(NS(=O)(=O)c1ccc(N)cc1F)c1cccs1. The van der Waals surface area contributed by atoms with Crippen LogP contribution in [0.15, 0.2) is 40.6 Å². The minimum absolute atomic E-state index is 0.183. The van der Waals surface area contributed by atoms with Crippen molar-refractivity contribution in [3.63, 3.8) is 0 Å². The molecule has 1 aromatic carbocycles. The van der Waals surface area contributed by atoms with Crippen LogP contribution >= 0.6 is 11.3 Å². The van der Waals surface area contributed by atoms with Gasteiger partial charge in [-0.2, -0.15) is 0 Å². The number of thiophene rings is 1. The summed E-state index contributed by atoms with van der Waals surface area (Å²) in [6.07, 6.45) is 0. The summed E-state index contributed by atoms with van der Waals surface area (Å²) in [5, 5.41) is 1.85. The second-order valence-electron chi connectivity index (χ2n) is 4.05. The monoisotopic (exact) mass is 300 g/mol. The lowest BCUT2D eigenvalue weighted by Gasteiger charge is -2.13. The van der Waals surface area contributed by atoms with E-state index in [1.165, 1.54) is 17.4 Å². The van der Waals surface area contributed by atoms with Crippen LogP contribution in [0.2, 0.25) is 0 Å². The van der Waals surface area contributed by atoms with Crippen molar-refractivity contribution in [1.29, 1.82) is 0 Å². The molecule has 0 saturated carbocycles. The Morgan fingerprint density at radius 2 is 2.11 bits per heavy atom. The molecule has 3 N–H and O–H groups in total. The van der Waals surface area contributed by atoms with Crippen LogP contribution in [-0.2, 0) is 10.0 Å². The van der Waals surface area contributed by atoms with Gasteiger partial charge in [-0.25, -0.2) is 17.5 Å². The topological polar surface area (TPSA) is 72.2 Å². The second-order valence-corrected chi connectivity index (χ2v) is 6.71. The summed E-state index contributed by atoms with van der Waals surface area (Å²) in [5.41, 5.74) is 5.58. The number of halogens is 1. The van der Waals surface area contributed by atoms with Crippen LogP contribution in [0.25, 0.3) is 0 Å². The fourth-order valence-electron chi connectivity index (χ4n) is 1.63. The first kappa shape index (κ1) is 14.0. The Kier molecular flexibility index (Phi) is 3.88. The van der Waals surface area contributed by atoms with E-state index in [0.29, 0.717) is 0 Å². The van der Waals surface area contributed by atoms with Gasteiger partial charge in [-0.1, -0.05) is 6.07 Å². The number of nitrogens with one attached hydrogen (secondary N) is 1. The van der Waals surface area contributed by atoms with E-state index in [-0.39, 0.29) is 5.69 Å². The molecule has 19 heavy (non-hydrogen) atoms. The summed E-state index contributed by atoms with van der Waals surface area (Å²) < 4.78 is 40.2. The number of rotatable bonds is 4. The van der Waals surface area contributed by atoms with E-state index >= 15 is 0 Å². The second kappa shape index (κ2) is 5.28. The zero-order valence-electron chi connectivity index (χ0n) is 10.1. The molecule has 0 radical (unpaired) electrons. The fraction of sp³-hybridized carbons (Fsp3) is 0.167. The molecular weight excluding hydrogens is 287 g/mol. The lowest BCUT2D eigenvalue weighted by molar-refractivity contribution is 0.548. The molecule has 1 atom stereocenters. The molecule has 0 aliphatic carbocycles. The molecule has 102 valence electrons. The zero-order chi connectivity index (χ0) is 14.0. The maximum atomic E-state index is 13.6. The number of benzene rings is 1. The maximum Gasteiger partial charge on any atom is 0.244 e. The summed E-state index contributed by atoms with van der Waals surface area (Å²) >= 11 is 1.43. The molecule has 0 aliphatic rings. The van der Waals surface area contributed by atoms with Gasteiger partial charge in [0.1, 0.15) is 10.7 Å². The van der Waals surface area contributed by atoms with E-state index in [2.05, 4.69) is 4.72 Å². The average Bonchev–Trinajstić information content (AvgIpc) is 2.80. The predicted molar refractivity (Wildman–Crippen MR) is 73.9 cm³/mol. The molecule has 0 bridgehead atoms. The Morgan fingerprint density at radius 3 is 2.68 bits per heavy atom. The van der Waals surface area contributed by atoms with Gasteiger partial charge in [-0.05, 0) is 36.6 Å². The third-order valence-electron chi connectivity index (χ3n) is 2.55. The van der Waals surface area contributed by atoms with Crippen molar-refractivity contribution in [3.05, 3.63) is 46.4 Å². The number of hydrogen-bond donors (Lipinski definition) is 2. The molecule has 1 unspecified atom stereocenters. The van der Waals surface area contributed by atoms with E-state index in [0.717, 1.165) is 17.0 Å². The smallest absolute Gasteiger partial charge is 0.244 e. The lowest BCUT2D eigenvalue weighted by Crippen LogP contribution is -2.27. The summed E-state index contributed by atoms with van der Waals surface area (Å²) in [6.45, 7) is 1.71. The standard InChI is InChI=1S/C12H13FN2O2S2/c1-8(11-3-2-6-18-11)15-19(16,17)12-5-4-9(14)7-10(12)13/h2-8,15H,14H2,1H3. The van der Waals surface area contributed by atoms with Gasteiger partial charge < -0.3 is 5.73 Å². The van der Waals surface area contributed by atoms with Gasteiger partial charge in [0.15, 0.2) is 0 Å². The Labute approximate surface area is 115 Å². The number of nitrogens with two attached hydrogens (primary N) is 1. The molecule has 2 aromatic rings. The van der Waals surface area contributed by atoms with Gasteiger partial charge in [-0.15, -0.1) is 11.3 Å². The Balaban J connectivity index is 2.28. The van der Waals surface area contributed by atoms with Crippen molar-refractivity contribution in [2.75, 3.05) is 5.73 Å². The van der Waals surface area contributed by atoms with Gasteiger partial charge in [0.05, 0.1) is 6.04 Å². The molecule has 1 aromatic heterocycles. The van der Waals surface area contributed by atoms with Crippen LogP contribution in [0.3, 0.4) is 0 Å². The maximum absolute atomic E-state index is 13.6. The van der Waals surface area contributed by atoms with Crippen LogP contribution in [-0.4, -0.2) is 8.42 Å². The Morgan fingerprint density at radius 1 is 1.37 bits per heavy atom. The van der Waals surface area contributed by atoms with Crippen molar-refractivity contribution in [2.45, 2.75) is 17.9 Å². The molecule has 4 nitrogen and oxygen atoms in total. The van der Waals surface area contributed by atoms with E-state index in [1.807, 2.05) is 17.5 Å². The van der Waals surface area contributed by atoms with Crippen LogP contribution in [0.5, 0.6) is 0 Å². The molecule has 2 rings (SSSR count). The average molecular weight is 300 g/mol. The molecule has 0 spiro atoms. The minimum atomic E-state index is -3.91. The Hall–Kier alpha value is -1.44. The highest BCUT2D eigenvalue weighted by atomic mass is 32.2. The van der Waals surface area contributed by atoms with Gasteiger partial charge in [0.25, 0.3) is 0 Å². The van der Waals surface area contributed by atoms with Crippen molar-refractivity contribution >= 4 is 27.0 Å². The van der Waals surface area contributed by atoms with Gasteiger partial charge in [0, 0.05) is 10.6 Å². The van der Waals surface area contributed by atoms with E-state index in [9.17, 15) is 12.8 Å². The first-order valence-electron chi connectivity index (χ1n) is 5.51. The first-order valence-corrected chi connectivity index (χ1v) is 7.87. The summed E-state index contributed by atoms with van der Waals surface area (Å²) in [6, 6.07) is 6.74. The van der Waals surface area contributed by atoms with Gasteiger partial charge >= 0.3 is 0 Å². The van der Waals surface area contributed by atoms with Crippen LogP contribution in [0.4, 0.5) is 10.1 Å². The Bertz CT molecular complexity index is 669. The van der Waals surface area contributed by atoms with Crippen LogP contribution in [0.1, 0.15) is 17.8 Å². The highest BCUT2D eigenvalue weighted by Crippen LogP contribution is 2.23. The number of sulfonamides is 1. The normalized spacial score (nSPS) is 13.4. The van der Waals surface area contributed by atoms with E-state index in [4.69, 9.17) is 5.73 Å². The quantitative estimate of drug-likeness (QED) is 0.852. The highest BCUT2D eigenvalue weighted by Gasteiger charge is 2.22. The third kappa shape index (κ3) is 3.12. The zero-order valence-corrected chi connectivity index (χ0v) is 11.8. The van der Waals surface area contributed by atoms with Crippen molar-refractivity contribution in [3.8, 4) is 0 Å². The summed E-state index contributed by atoms with van der Waals surface area (Å²) in [7, 11) is -3.91. The summed E-state index contributed by atoms with van der Waals surface area (Å²) in [5.74, 6) is -0.856. The summed E-state index contributed by atoms with van der Waals surface area (Å²) in [4.78, 5) is 0.463. The predicted octanol–water partition coefficient (Wildman–Crippen LogP) is 2.51. The molecular formula is C12H13FN2O2S2. The van der Waals surface area contributed by atoms with Crippen LogP contribution in [0, 0.1) is 5.82 Å². The van der Waals surface area contributed by atoms with Gasteiger partial charge in [0.2, 0.25) is 10.0 Å². The molecule has 1 heterocycles. The first-order chi connectivity index (χ1) is 8.90. The largest absolute Gasteiger partial charge is 0.399 e. The van der Waals surface area contributed by atoms with Crippen molar-refractivity contribution in [1.82, 2.24) is 4.72 Å². The molecule has 0 aliphatic heterocycles. The molecule has 0 saturated heterocycles. The molecule has 0 amide bonds. The number of hydrogen-bond acceptors (Lipinski definition) is 4. The van der Waals surface area contributed by atoms with E-state index < -0.39 is 26.8 Å².